The summed E-state index contributed by atoms with van der Waals surface area (Å²) in [6.07, 6.45) is 27.8. The van der Waals surface area contributed by atoms with Gasteiger partial charge in [0.25, 0.3) is 0 Å². The van der Waals surface area contributed by atoms with E-state index in [0.717, 1.165) is 12.8 Å². The van der Waals surface area contributed by atoms with Gasteiger partial charge in [0.05, 0.1) is 0 Å². The largest absolute Gasteiger partial charge is 0.465 e. The first-order chi connectivity index (χ1) is 13.3. The van der Waals surface area contributed by atoms with Crippen LogP contribution in [0, 0.1) is 0 Å². The predicted molar refractivity (Wildman–Crippen MR) is 123 cm³/mol. The van der Waals surface area contributed by atoms with E-state index in [2.05, 4.69) is 31.7 Å². The van der Waals surface area contributed by atoms with Gasteiger partial charge in [-0.1, -0.05) is 96.1 Å². The molecule has 0 aliphatic rings. The van der Waals surface area contributed by atoms with E-state index in [0.29, 0.717) is 18.8 Å². The fraction of sp³-hybridized carbons (Fsp3) is 0.875. The Kier molecular flexibility index (Phi) is 23.2. The van der Waals surface area contributed by atoms with Crippen molar-refractivity contribution in [3.8, 4) is 0 Å². The third kappa shape index (κ3) is 23.5. The minimum atomic E-state index is -0.0657. The molecular weight excluding hydrogens is 352 g/mol. The van der Waals surface area contributed by atoms with Crippen LogP contribution in [0.1, 0.15) is 122 Å². The number of ether oxygens (including phenoxy) is 1. The van der Waals surface area contributed by atoms with E-state index in [4.69, 9.17) is 4.74 Å². The van der Waals surface area contributed by atoms with E-state index in [1.165, 1.54) is 96.3 Å². The van der Waals surface area contributed by atoms with Crippen LogP contribution in [0.5, 0.6) is 0 Å². The van der Waals surface area contributed by atoms with Crippen LogP contribution in [0.3, 0.4) is 0 Å². The van der Waals surface area contributed by atoms with Crippen LogP contribution >= 0.6 is 12.6 Å². The summed E-state index contributed by atoms with van der Waals surface area (Å²) in [6, 6.07) is 0. The molecule has 0 saturated carbocycles. The van der Waals surface area contributed by atoms with Crippen LogP contribution in [0.4, 0.5) is 0 Å². The lowest BCUT2D eigenvalue weighted by Gasteiger charge is -2.03. The van der Waals surface area contributed by atoms with Gasteiger partial charge in [-0.25, -0.2) is 0 Å². The maximum Gasteiger partial charge on any atom is 0.305 e. The van der Waals surface area contributed by atoms with Crippen molar-refractivity contribution in [2.75, 3.05) is 12.4 Å². The van der Waals surface area contributed by atoms with Crippen LogP contribution in [0.25, 0.3) is 0 Å². The van der Waals surface area contributed by atoms with Crippen LogP contribution in [-0.2, 0) is 9.53 Å². The zero-order chi connectivity index (χ0) is 19.8. The van der Waals surface area contributed by atoms with Crippen molar-refractivity contribution in [3.63, 3.8) is 0 Å². The second-order valence-corrected chi connectivity index (χ2v) is 8.14. The number of carbonyl (C=O) groups is 1. The highest BCUT2D eigenvalue weighted by molar-refractivity contribution is 7.80. The van der Waals surface area contributed by atoms with Gasteiger partial charge in [0.15, 0.2) is 0 Å². The summed E-state index contributed by atoms with van der Waals surface area (Å²) in [4.78, 5) is 11.3. The van der Waals surface area contributed by atoms with E-state index in [9.17, 15) is 4.79 Å². The number of unbranched alkanes of at least 4 members (excludes halogenated alkanes) is 15. The smallest absolute Gasteiger partial charge is 0.305 e. The first-order valence-electron chi connectivity index (χ1n) is 11.7. The van der Waals surface area contributed by atoms with Gasteiger partial charge in [0, 0.05) is 12.2 Å². The Morgan fingerprint density at radius 1 is 0.704 bits per heavy atom. The van der Waals surface area contributed by atoms with Gasteiger partial charge in [0.1, 0.15) is 6.61 Å². The third-order valence-electron chi connectivity index (χ3n) is 5.00. The Hall–Kier alpha value is -0.440. The van der Waals surface area contributed by atoms with E-state index < -0.39 is 0 Å². The Balaban J connectivity index is 3.13. The molecule has 0 aliphatic carbocycles. The summed E-state index contributed by atoms with van der Waals surface area (Å²) in [6.45, 7) is 2.72. The van der Waals surface area contributed by atoms with Crippen molar-refractivity contribution >= 4 is 18.6 Å². The Morgan fingerprint density at radius 2 is 1.15 bits per heavy atom. The second kappa shape index (κ2) is 23.6. The fourth-order valence-corrected chi connectivity index (χ4v) is 3.37. The summed E-state index contributed by atoms with van der Waals surface area (Å²) in [5.41, 5.74) is 0. The zero-order valence-electron chi connectivity index (χ0n) is 18.1. The molecule has 0 fully saturated rings. The number of thiol groups is 1. The molecule has 0 N–H and O–H groups in total. The van der Waals surface area contributed by atoms with Gasteiger partial charge in [-0.15, -0.1) is 0 Å². The molecule has 0 spiro atoms. The molecule has 0 aliphatic heterocycles. The molecule has 0 heterocycles. The normalized spacial score (nSPS) is 11.3. The highest BCUT2D eigenvalue weighted by atomic mass is 32.1. The summed E-state index contributed by atoms with van der Waals surface area (Å²) >= 11 is 4.03. The molecule has 0 bridgehead atoms. The minimum absolute atomic E-state index is 0.0657. The molecule has 0 aromatic carbocycles. The Morgan fingerprint density at radius 3 is 1.63 bits per heavy atom. The number of allylic oxidation sites excluding steroid dienone is 2. The maximum atomic E-state index is 11.3. The molecule has 2 nitrogen and oxygen atoms in total. The summed E-state index contributed by atoms with van der Waals surface area (Å²) in [5.74, 6) is 0.546. The Bertz CT molecular complexity index is 328. The molecular formula is C24H46O2S. The number of rotatable bonds is 21. The van der Waals surface area contributed by atoms with Crippen molar-refractivity contribution in [2.24, 2.45) is 0 Å². The number of hydrogen-bond acceptors (Lipinski definition) is 3. The lowest BCUT2D eigenvalue weighted by Crippen LogP contribution is -2.06. The van der Waals surface area contributed by atoms with Crippen molar-refractivity contribution in [3.05, 3.63) is 12.2 Å². The van der Waals surface area contributed by atoms with E-state index in [1.54, 1.807) is 0 Å². The van der Waals surface area contributed by atoms with Gasteiger partial charge in [0.2, 0.25) is 0 Å². The molecule has 0 rings (SSSR count). The van der Waals surface area contributed by atoms with E-state index in [-0.39, 0.29) is 5.97 Å². The van der Waals surface area contributed by atoms with Crippen LogP contribution in [0.2, 0.25) is 0 Å². The van der Waals surface area contributed by atoms with E-state index >= 15 is 0 Å². The summed E-state index contributed by atoms with van der Waals surface area (Å²) < 4.78 is 5.01. The average molecular weight is 399 g/mol. The quantitative estimate of drug-likeness (QED) is 0.0915. The topological polar surface area (TPSA) is 26.3 Å². The van der Waals surface area contributed by atoms with Crippen molar-refractivity contribution in [1.82, 2.24) is 0 Å². The van der Waals surface area contributed by atoms with Crippen molar-refractivity contribution < 1.29 is 9.53 Å². The van der Waals surface area contributed by atoms with Crippen LogP contribution in [-0.4, -0.2) is 18.3 Å². The van der Waals surface area contributed by atoms with E-state index in [1.807, 2.05) is 0 Å². The minimum Gasteiger partial charge on any atom is -0.465 e. The molecule has 0 aromatic rings. The average Bonchev–Trinajstić information content (AvgIpc) is 2.68. The molecule has 0 radical (unpaired) electrons. The molecule has 0 saturated heterocycles. The number of hydrogen-bond donors (Lipinski definition) is 1. The first kappa shape index (κ1) is 26.6. The lowest BCUT2D eigenvalue weighted by atomic mass is 10.1. The fourth-order valence-electron chi connectivity index (χ4n) is 3.28. The molecule has 160 valence electrons. The number of carbonyl (C=O) groups excluding carboxylic acids is 1. The molecule has 0 atom stereocenters. The lowest BCUT2D eigenvalue weighted by molar-refractivity contribution is -0.143. The first-order valence-corrected chi connectivity index (χ1v) is 12.4. The second-order valence-electron chi connectivity index (χ2n) is 7.69. The van der Waals surface area contributed by atoms with Gasteiger partial charge >= 0.3 is 5.97 Å². The zero-order valence-corrected chi connectivity index (χ0v) is 19.0. The van der Waals surface area contributed by atoms with Crippen molar-refractivity contribution in [1.29, 1.82) is 0 Å². The summed E-state index contributed by atoms with van der Waals surface area (Å²) in [7, 11) is 0. The molecule has 0 unspecified atom stereocenters. The van der Waals surface area contributed by atoms with Gasteiger partial charge in [-0.05, 0) is 32.1 Å². The number of esters is 1. The highest BCUT2D eigenvalue weighted by Gasteiger charge is 2.01. The molecule has 0 aromatic heterocycles. The SMILES string of the molecule is CCCCCCCCC/C=C/CCCCCCCCCCC(=O)OCCS. The molecule has 0 amide bonds. The predicted octanol–water partition coefficient (Wildman–Crippen LogP) is 8.06. The summed E-state index contributed by atoms with van der Waals surface area (Å²) in [5, 5.41) is 0. The maximum absolute atomic E-state index is 11.3. The highest BCUT2D eigenvalue weighted by Crippen LogP contribution is 2.12. The molecule has 27 heavy (non-hydrogen) atoms. The third-order valence-corrected chi connectivity index (χ3v) is 5.18. The van der Waals surface area contributed by atoms with Gasteiger partial charge < -0.3 is 4.74 Å². The standard InChI is InChI=1S/C24H46O2S/c1-2-3-4-5-6-7-8-9-10-11-12-13-14-15-16-17-18-19-20-21-24(25)26-22-23-27/h10-11,27H,2-9,12-23H2,1H3/b11-10+. The van der Waals surface area contributed by atoms with Crippen LogP contribution in [0.15, 0.2) is 12.2 Å². The van der Waals surface area contributed by atoms with Gasteiger partial charge in [-0.3, -0.25) is 4.79 Å². The monoisotopic (exact) mass is 398 g/mol. The van der Waals surface area contributed by atoms with Crippen molar-refractivity contribution in [2.45, 2.75) is 122 Å². The van der Waals surface area contributed by atoms with Gasteiger partial charge in [-0.2, -0.15) is 12.6 Å². The molecule has 3 heteroatoms. The Labute approximate surface area is 175 Å². The van der Waals surface area contributed by atoms with Crippen LogP contribution < -0.4 is 0 Å².